The van der Waals surface area contributed by atoms with Crippen molar-refractivity contribution in [3.8, 4) is 19.5 Å². The maximum Gasteiger partial charge on any atom is 0.338 e. The van der Waals surface area contributed by atoms with Crippen LogP contribution in [0.15, 0.2) is 53.2 Å². The summed E-state index contributed by atoms with van der Waals surface area (Å²) in [4.78, 5) is 28.2. The van der Waals surface area contributed by atoms with Gasteiger partial charge < -0.3 is 4.74 Å². The molecule has 8 heteroatoms. The topological polar surface area (TPSA) is 52.1 Å². The Morgan fingerprint density at radius 2 is 1.19 bits per heavy atom. The number of carbonyl (C=O) groups is 1. The highest BCUT2D eigenvalue weighted by Gasteiger charge is 2.20. The number of ether oxygens (including phenoxy) is 1. The van der Waals surface area contributed by atoms with Crippen molar-refractivity contribution in [2.75, 3.05) is 6.61 Å². The second kappa shape index (κ2) is 14.5. The Balaban J connectivity index is 1.35. The minimum Gasteiger partial charge on any atom is -0.462 e. The highest BCUT2D eigenvalue weighted by Crippen LogP contribution is 2.48. The molecule has 5 heterocycles. The molecule has 0 aliphatic rings. The van der Waals surface area contributed by atoms with E-state index >= 15 is 0 Å². The molecule has 0 N–H and O–H groups in total. The molecule has 0 aliphatic carbocycles. The van der Waals surface area contributed by atoms with Gasteiger partial charge in [0.1, 0.15) is 11.0 Å². The number of carbonyl (C=O) groups excluding carboxylic acids is 1. The Bertz CT molecular complexity index is 2180. The standard InChI is InChI=1S/C39H40N2O2S4/c1-4-7-9-11-13-24-17-31(44-22-24)33-20-27-28-21-34(32-18-25(23-45-32)14-12-10-8-5-2)47-38(28)36-35(37(27)46-33)40-29-16-15-26(19-30(29)41-36)39(42)43-6-3/h15-23H,4-14H2,1-3H3. The van der Waals surface area contributed by atoms with Crippen molar-refractivity contribution >= 4 is 93.6 Å². The van der Waals surface area contributed by atoms with E-state index in [-0.39, 0.29) is 5.97 Å². The number of fused-ring (bicyclic) bond motifs is 7. The lowest BCUT2D eigenvalue weighted by atomic mass is 10.1. The Hall–Kier alpha value is -3.17. The van der Waals surface area contributed by atoms with Gasteiger partial charge in [-0.2, -0.15) is 0 Å². The van der Waals surface area contributed by atoms with E-state index < -0.39 is 0 Å². The number of unbranched alkanes of at least 4 members (excludes halogenated alkanes) is 6. The molecule has 2 aromatic carbocycles. The number of aromatic nitrogens is 2. The summed E-state index contributed by atoms with van der Waals surface area (Å²) in [5, 5.41) is 7.16. The highest BCUT2D eigenvalue weighted by molar-refractivity contribution is 7.28. The van der Waals surface area contributed by atoms with Crippen molar-refractivity contribution in [1.29, 1.82) is 0 Å². The fourth-order valence-electron chi connectivity index (χ4n) is 6.27. The van der Waals surface area contributed by atoms with E-state index in [1.807, 2.05) is 64.4 Å². The largest absolute Gasteiger partial charge is 0.462 e. The van der Waals surface area contributed by atoms with Crippen LogP contribution in [0.3, 0.4) is 0 Å². The van der Waals surface area contributed by atoms with E-state index in [1.54, 1.807) is 6.07 Å². The Morgan fingerprint density at radius 1 is 0.638 bits per heavy atom. The van der Waals surface area contributed by atoms with Crippen molar-refractivity contribution < 1.29 is 9.53 Å². The maximum atomic E-state index is 12.6. The molecule has 0 saturated heterocycles. The zero-order valence-corrected chi connectivity index (χ0v) is 30.6. The summed E-state index contributed by atoms with van der Waals surface area (Å²) in [7, 11) is 0. The molecule has 0 unspecified atom stereocenters. The molecule has 4 nitrogen and oxygen atoms in total. The van der Waals surface area contributed by atoms with Gasteiger partial charge in [-0.15, -0.1) is 45.3 Å². The number of esters is 1. The minimum absolute atomic E-state index is 0.331. The zero-order valence-electron chi connectivity index (χ0n) is 27.3. The smallest absolute Gasteiger partial charge is 0.338 e. The van der Waals surface area contributed by atoms with E-state index in [2.05, 4.69) is 48.9 Å². The van der Waals surface area contributed by atoms with E-state index in [4.69, 9.17) is 14.7 Å². The molecule has 0 spiro atoms. The zero-order chi connectivity index (χ0) is 32.3. The number of hydrogen-bond donors (Lipinski definition) is 0. The van der Waals surface area contributed by atoms with Gasteiger partial charge in [-0.3, -0.25) is 0 Å². The third kappa shape index (κ3) is 6.75. The normalized spacial score (nSPS) is 11.9. The molecule has 0 fully saturated rings. The molecular formula is C39H40N2O2S4. The lowest BCUT2D eigenvalue weighted by molar-refractivity contribution is 0.0526. The molecule has 47 heavy (non-hydrogen) atoms. The van der Waals surface area contributed by atoms with Crippen LogP contribution in [-0.4, -0.2) is 22.5 Å². The Morgan fingerprint density at radius 3 is 1.72 bits per heavy atom. The summed E-state index contributed by atoms with van der Waals surface area (Å²) in [5.74, 6) is -0.331. The van der Waals surface area contributed by atoms with Gasteiger partial charge in [0.05, 0.1) is 32.6 Å². The van der Waals surface area contributed by atoms with Crippen molar-refractivity contribution in [3.05, 3.63) is 69.9 Å². The second-order valence-corrected chi connectivity index (χ2v) is 16.2. The van der Waals surface area contributed by atoms with Gasteiger partial charge in [0.25, 0.3) is 0 Å². The van der Waals surface area contributed by atoms with Crippen LogP contribution in [0.4, 0.5) is 0 Å². The second-order valence-electron chi connectivity index (χ2n) is 12.3. The molecule has 0 atom stereocenters. The number of benzene rings is 2. The van der Waals surface area contributed by atoms with Crippen molar-refractivity contribution in [2.24, 2.45) is 0 Å². The van der Waals surface area contributed by atoms with Gasteiger partial charge in [0.2, 0.25) is 0 Å². The predicted molar refractivity (Wildman–Crippen MR) is 206 cm³/mol. The lowest BCUT2D eigenvalue weighted by Crippen LogP contribution is -2.04. The maximum absolute atomic E-state index is 12.6. The van der Waals surface area contributed by atoms with Crippen molar-refractivity contribution in [2.45, 2.75) is 85.0 Å². The fraction of sp³-hybridized carbons (Fsp3) is 0.359. The molecule has 242 valence electrons. The minimum atomic E-state index is -0.331. The predicted octanol–water partition coefficient (Wildman–Crippen LogP) is 13.1. The van der Waals surface area contributed by atoms with Crippen LogP contribution < -0.4 is 0 Å². The highest BCUT2D eigenvalue weighted by atomic mass is 32.1. The molecule has 0 radical (unpaired) electrons. The van der Waals surface area contributed by atoms with Gasteiger partial charge in [0.15, 0.2) is 0 Å². The first-order valence-corrected chi connectivity index (χ1v) is 20.4. The summed E-state index contributed by atoms with van der Waals surface area (Å²) in [6, 6.07) is 15.1. The first-order chi connectivity index (χ1) is 23.1. The van der Waals surface area contributed by atoms with Crippen LogP contribution in [0.2, 0.25) is 0 Å². The van der Waals surface area contributed by atoms with Crippen LogP contribution in [0, 0.1) is 0 Å². The molecule has 5 aromatic heterocycles. The van der Waals surface area contributed by atoms with Crippen molar-refractivity contribution in [3.63, 3.8) is 0 Å². The summed E-state index contributed by atoms with van der Waals surface area (Å²) in [6.45, 7) is 6.69. The molecule has 0 saturated carbocycles. The summed E-state index contributed by atoms with van der Waals surface area (Å²) in [5.41, 5.74) is 6.73. The van der Waals surface area contributed by atoms with Crippen LogP contribution in [0.25, 0.3) is 61.7 Å². The van der Waals surface area contributed by atoms with Crippen molar-refractivity contribution in [1.82, 2.24) is 9.97 Å². The van der Waals surface area contributed by atoms with Crippen LogP contribution in [0.5, 0.6) is 0 Å². The Labute approximate surface area is 292 Å². The fourth-order valence-corrected chi connectivity index (χ4v) is 10.7. The van der Waals surface area contributed by atoms with E-state index in [0.717, 1.165) is 34.1 Å². The van der Waals surface area contributed by atoms with Gasteiger partial charge >= 0.3 is 5.97 Å². The third-order valence-electron chi connectivity index (χ3n) is 8.79. The molecule has 7 rings (SSSR count). The molecule has 7 aromatic rings. The van der Waals surface area contributed by atoms with E-state index in [0.29, 0.717) is 17.7 Å². The monoisotopic (exact) mass is 696 g/mol. The summed E-state index contributed by atoms with van der Waals surface area (Å²) >= 11 is 7.34. The number of aryl methyl sites for hydroxylation is 2. The van der Waals surface area contributed by atoms with Gasteiger partial charge in [-0.25, -0.2) is 14.8 Å². The van der Waals surface area contributed by atoms with Crippen LogP contribution in [0.1, 0.15) is 93.6 Å². The van der Waals surface area contributed by atoms with Gasteiger partial charge in [-0.05, 0) is 97.0 Å². The molecule has 0 amide bonds. The average Bonchev–Trinajstić information content (AvgIpc) is 3.90. The SMILES string of the molecule is CCCCCCc1csc(-c2cc3c4cc(-c5cc(CCCCCC)cs5)sc4c4nc5cc(C(=O)OCC)ccc5nc4c3s2)c1. The third-order valence-corrected chi connectivity index (χ3v) is 13.4. The lowest BCUT2D eigenvalue weighted by Gasteiger charge is -2.06. The average molecular weight is 697 g/mol. The quantitative estimate of drug-likeness (QED) is 0.0645. The molecular weight excluding hydrogens is 657 g/mol. The van der Waals surface area contributed by atoms with Gasteiger partial charge in [0, 0.05) is 30.3 Å². The number of rotatable bonds is 14. The van der Waals surface area contributed by atoms with E-state index in [9.17, 15) is 4.79 Å². The number of thiophene rings is 4. The summed E-state index contributed by atoms with van der Waals surface area (Å²) in [6.07, 6.45) is 12.5. The summed E-state index contributed by atoms with van der Waals surface area (Å²) < 4.78 is 7.61. The van der Waals surface area contributed by atoms with Gasteiger partial charge in [-0.1, -0.05) is 52.4 Å². The molecule has 0 bridgehead atoms. The molecule has 0 aliphatic heterocycles. The first-order valence-electron chi connectivity index (χ1n) is 17.0. The first kappa shape index (κ1) is 32.4. The van der Waals surface area contributed by atoms with Crippen LogP contribution >= 0.6 is 45.3 Å². The number of hydrogen-bond acceptors (Lipinski definition) is 8. The number of nitrogens with zero attached hydrogens (tertiary/aromatic N) is 2. The van der Waals surface area contributed by atoms with E-state index in [1.165, 1.54) is 97.5 Å². The van der Waals surface area contributed by atoms with Crippen LogP contribution in [-0.2, 0) is 17.6 Å². The Kier molecular flexibility index (Phi) is 10.0.